The summed E-state index contributed by atoms with van der Waals surface area (Å²) in [4.78, 5) is 16.7. The summed E-state index contributed by atoms with van der Waals surface area (Å²) in [5, 5.41) is 0. The molecular weight excluding hydrogens is 264 g/mol. The van der Waals surface area contributed by atoms with Crippen molar-refractivity contribution in [3.63, 3.8) is 0 Å². The summed E-state index contributed by atoms with van der Waals surface area (Å²) in [6.07, 6.45) is 9.82. The van der Waals surface area contributed by atoms with Gasteiger partial charge in [0.05, 0.1) is 5.70 Å². The molecule has 0 aliphatic carbocycles. The van der Waals surface area contributed by atoms with Crippen molar-refractivity contribution in [1.82, 2.24) is 9.80 Å². The van der Waals surface area contributed by atoms with E-state index in [1.807, 2.05) is 36.4 Å². The van der Waals surface area contributed by atoms with Crippen LogP contribution in [-0.2, 0) is 4.79 Å². The number of carbonyl (C=O) groups excluding carboxylic acids is 1. The molecule has 2 rings (SSSR count). The highest BCUT2D eigenvalue weighted by atomic mass is 32.2. The highest BCUT2D eigenvalue weighted by Gasteiger charge is 2.34. The molecule has 1 amide bonds. The van der Waals surface area contributed by atoms with Gasteiger partial charge in [-0.05, 0) is 18.6 Å². The van der Waals surface area contributed by atoms with Crippen molar-refractivity contribution in [2.45, 2.75) is 19.8 Å². The van der Waals surface area contributed by atoms with Gasteiger partial charge < -0.3 is 4.90 Å². The Balaban J connectivity index is 2.24. The molecule has 18 heavy (non-hydrogen) atoms. The first-order valence-electron chi connectivity index (χ1n) is 6.00. The molecule has 0 bridgehead atoms. The van der Waals surface area contributed by atoms with Gasteiger partial charge in [0.15, 0.2) is 0 Å². The first kappa shape index (κ1) is 13.4. The summed E-state index contributed by atoms with van der Waals surface area (Å²) in [5.41, 5.74) is 0.925. The zero-order chi connectivity index (χ0) is 13.1. The van der Waals surface area contributed by atoms with Gasteiger partial charge in [-0.3, -0.25) is 9.69 Å². The van der Waals surface area contributed by atoms with E-state index in [0.717, 1.165) is 30.0 Å². The van der Waals surface area contributed by atoms with Gasteiger partial charge in [-0.15, -0.1) is 0 Å². The normalized spacial score (nSPS) is 23.4. The van der Waals surface area contributed by atoms with Crippen LogP contribution in [0.2, 0.25) is 0 Å². The lowest BCUT2D eigenvalue weighted by Crippen LogP contribution is -2.29. The fraction of sp³-hybridized carbons (Fsp3) is 0.385. The van der Waals surface area contributed by atoms with Crippen molar-refractivity contribution in [3.05, 3.63) is 35.0 Å². The van der Waals surface area contributed by atoms with Gasteiger partial charge in [0, 0.05) is 19.8 Å². The van der Waals surface area contributed by atoms with E-state index in [9.17, 15) is 4.79 Å². The maximum atomic E-state index is 12.3. The molecule has 0 unspecified atom stereocenters. The number of amides is 1. The maximum Gasteiger partial charge on any atom is 0.268 e. The molecule has 1 fully saturated rings. The molecule has 0 aromatic carbocycles. The minimum atomic E-state index is 0.0419. The van der Waals surface area contributed by atoms with E-state index in [2.05, 4.69) is 6.92 Å². The van der Waals surface area contributed by atoms with Crippen LogP contribution in [0.5, 0.6) is 0 Å². The second kappa shape index (κ2) is 5.71. The number of likely N-dealkylation sites (N-methyl/N-ethyl adjacent to an activating group) is 1. The summed E-state index contributed by atoms with van der Waals surface area (Å²) in [6, 6.07) is 0. The molecule has 2 aliphatic heterocycles. The molecular formula is C13H16N2OS2. The van der Waals surface area contributed by atoms with Crippen LogP contribution in [0, 0.1) is 0 Å². The highest BCUT2D eigenvalue weighted by molar-refractivity contribution is 8.26. The van der Waals surface area contributed by atoms with Crippen LogP contribution >= 0.6 is 24.0 Å². The molecule has 96 valence electrons. The zero-order valence-electron chi connectivity index (χ0n) is 10.5. The fourth-order valence-corrected chi connectivity index (χ4v) is 3.22. The number of rotatable bonds is 3. The Hall–Kier alpha value is -1.07. The Morgan fingerprint density at radius 3 is 2.83 bits per heavy atom. The fourth-order valence-electron chi connectivity index (χ4n) is 1.82. The van der Waals surface area contributed by atoms with E-state index in [-0.39, 0.29) is 5.91 Å². The van der Waals surface area contributed by atoms with Gasteiger partial charge in [-0.25, -0.2) is 0 Å². The summed E-state index contributed by atoms with van der Waals surface area (Å²) in [5.74, 6) is 0.0419. The Morgan fingerprint density at radius 2 is 2.17 bits per heavy atom. The van der Waals surface area contributed by atoms with Gasteiger partial charge in [-0.1, -0.05) is 43.4 Å². The zero-order valence-corrected chi connectivity index (χ0v) is 12.2. The van der Waals surface area contributed by atoms with Crippen molar-refractivity contribution in [2.24, 2.45) is 0 Å². The monoisotopic (exact) mass is 280 g/mol. The summed E-state index contributed by atoms with van der Waals surface area (Å²) >= 11 is 6.69. The minimum absolute atomic E-state index is 0.0419. The van der Waals surface area contributed by atoms with E-state index < -0.39 is 0 Å². The molecule has 0 aromatic heterocycles. The minimum Gasteiger partial charge on any atom is -0.350 e. The standard InChI is InChI=1S/C13H16N2OS2/c1-3-4-9-15-12(16)11(18-13(15)17)10-7-5-6-8-14(10)2/h5-8H,3-4,9H2,1-2H3. The number of hydrogen-bond acceptors (Lipinski definition) is 4. The second-order valence-corrected chi connectivity index (χ2v) is 5.85. The third kappa shape index (κ3) is 2.52. The summed E-state index contributed by atoms with van der Waals surface area (Å²) in [7, 11) is 1.94. The Morgan fingerprint density at radius 1 is 1.39 bits per heavy atom. The van der Waals surface area contributed by atoms with Crippen LogP contribution in [-0.4, -0.2) is 33.6 Å². The molecule has 5 heteroatoms. The van der Waals surface area contributed by atoms with Crippen LogP contribution in [0.15, 0.2) is 35.0 Å². The molecule has 0 radical (unpaired) electrons. The van der Waals surface area contributed by atoms with E-state index in [1.165, 1.54) is 11.8 Å². The van der Waals surface area contributed by atoms with E-state index in [0.29, 0.717) is 4.32 Å². The maximum absolute atomic E-state index is 12.3. The third-order valence-electron chi connectivity index (χ3n) is 2.87. The molecule has 0 saturated carbocycles. The SMILES string of the molecule is CCCCN1C(=O)C(=C2C=CC=CN2C)SC1=S. The summed E-state index contributed by atoms with van der Waals surface area (Å²) in [6.45, 7) is 2.83. The van der Waals surface area contributed by atoms with E-state index >= 15 is 0 Å². The molecule has 0 aromatic rings. The lowest BCUT2D eigenvalue weighted by atomic mass is 10.2. The van der Waals surface area contributed by atoms with E-state index in [4.69, 9.17) is 12.2 Å². The van der Waals surface area contributed by atoms with Crippen molar-refractivity contribution in [1.29, 1.82) is 0 Å². The van der Waals surface area contributed by atoms with Gasteiger partial charge in [0.25, 0.3) is 5.91 Å². The average molecular weight is 280 g/mol. The van der Waals surface area contributed by atoms with Gasteiger partial charge in [-0.2, -0.15) is 0 Å². The Bertz CT molecular complexity index is 466. The second-order valence-electron chi connectivity index (χ2n) is 4.20. The molecule has 1 saturated heterocycles. The van der Waals surface area contributed by atoms with E-state index in [1.54, 1.807) is 4.90 Å². The molecule has 0 atom stereocenters. The topological polar surface area (TPSA) is 23.6 Å². The number of hydrogen-bond donors (Lipinski definition) is 0. The van der Waals surface area contributed by atoms with Gasteiger partial charge >= 0.3 is 0 Å². The molecule has 2 heterocycles. The average Bonchev–Trinajstić information content (AvgIpc) is 2.63. The molecule has 2 aliphatic rings. The van der Waals surface area contributed by atoms with Crippen LogP contribution in [0.3, 0.4) is 0 Å². The number of unbranched alkanes of at least 4 members (excludes halogenated alkanes) is 1. The van der Waals surface area contributed by atoms with Crippen molar-refractivity contribution >= 4 is 34.2 Å². The lowest BCUT2D eigenvalue weighted by Gasteiger charge is -2.19. The molecule has 0 spiro atoms. The summed E-state index contributed by atoms with van der Waals surface area (Å²) < 4.78 is 0.673. The van der Waals surface area contributed by atoms with Crippen LogP contribution in [0.25, 0.3) is 0 Å². The molecule has 3 nitrogen and oxygen atoms in total. The first-order valence-corrected chi connectivity index (χ1v) is 7.23. The predicted octanol–water partition coefficient (Wildman–Crippen LogP) is 2.87. The Kier molecular flexibility index (Phi) is 4.24. The van der Waals surface area contributed by atoms with Crippen LogP contribution < -0.4 is 0 Å². The number of carbonyl (C=O) groups is 1. The largest absolute Gasteiger partial charge is 0.350 e. The van der Waals surface area contributed by atoms with Crippen LogP contribution in [0.4, 0.5) is 0 Å². The predicted molar refractivity (Wildman–Crippen MR) is 79.9 cm³/mol. The Labute approximate surface area is 117 Å². The number of thiocarbonyl (C=S) groups is 1. The molecule has 0 N–H and O–H groups in total. The number of allylic oxidation sites excluding steroid dienone is 3. The van der Waals surface area contributed by atoms with Gasteiger partial charge in [0.2, 0.25) is 0 Å². The quantitative estimate of drug-likeness (QED) is 0.586. The van der Waals surface area contributed by atoms with Crippen molar-refractivity contribution in [3.8, 4) is 0 Å². The first-order chi connectivity index (χ1) is 8.65. The van der Waals surface area contributed by atoms with Crippen molar-refractivity contribution in [2.75, 3.05) is 13.6 Å². The number of nitrogens with zero attached hydrogens (tertiary/aromatic N) is 2. The third-order valence-corrected chi connectivity index (χ3v) is 4.33. The van der Waals surface area contributed by atoms with Crippen LogP contribution in [0.1, 0.15) is 19.8 Å². The highest BCUT2D eigenvalue weighted by Crippen LogP contribution is 2.35. The van der Waals surface area contributed by atoms with Crippen molar-refractivity contribution < 1.29 is 4.79 Å². The smallest absolute Gasteiger partial charge is 0.268 e. The number of thioether (sulfide) groups is 1. The lowest BCUT2D eigenvalue weighted by molar-refractivity contribution is -0.122. The van der Waals surface area contributed by atoms with Gasteiger partial charge in [0.1, 0.15) is 9.23 Å².